The van der Waals surface area contributed by atoms with Gasteiger partial charge in [0.15, 0.2) is 17.6 Å². The first-order valence-corrected chi connectivity index (χ1v) is 5.45. The molecule has 0 fully saturated rings. The zero-order valence-corrected chi connectivity index (χ0v) is 9.86. The number of aliphatic hydroxyl groups excluding tert-OH is 1. The Kier molecular flexibility index (Phi) is 3.40. The molecule has 1 aromatic rings. The molecule has 0 radical (unpaired) electrons. The van der Waals surface area contributed by atoms with Crippen LogP contribution in [0.3, 0.4) is 0 Å². The van der Waals surface area contributed by atoms with E-state index in [-0.39, 0.29) is 24.0 Å². The minimum atomic E-state index is -1.42. The number of carbonyl (C=O) groups excluding carboxylic acids is 1. The lowest BCUT2D eigenvalue weighted by atomic mass is 10.1. The lowest BCUT2D eigenvalue weighted by Crippen LogP contribution is -2.15. The summed E-state index contributed by atoms with van der Waals surface area (Å²) in [5.41, 5.74) is 0.245. The fourth-order valence-electron chi connectivity index (χ4n) is 1.51. The van der Waals surface area contributed by atoms with E-state index >= 15 is 0 Å². The van der Waals surface area contributed by atoms with E-state index in [9.17, 15) is 9.90 Å². The van der Waals surface area contributed by atoms with Gasteiger partial charge in [-0.15, -0.1) is 0 Å². The molecule has 92 valence electrons. The van der Waals surface area contributed by atoms with Gasteiger partial charge >= 0.3 is 5.97 Å². The summed E-state index contributed by atoms with van der Waals surface area (Å²) >= 11 is 6.02. The molecule has 1 aromatic carbocycles. The smallest absolute Gasteiger partial charge is 0.339 e. The second kappa shape index (κ2) is 4.81. The predicted molar refractivity (Wildman–Crippen MR) is 59.2 cm³/mol. The molecule has 1 unspecified atom stereocenters. The van der Waals surface area contributed by atoms with Gasteiger partial charge in [0, 0.05) is 5.56 Å². The van der Waals surface area contributed by atoms with Crippen molar-refractivity contribution >= 4 is 17.6 Å². The third kappa shape index (κ3) is 2.16. The minimum Gasteiger partial charge on any atom is -0.464 e. The molecule has 1 N–H and O–H groups in total. The fraction of sp³-hybridized carbons (Fsp3) is 0.364. The first-order chi connectivity index (χ1) is 8.15. The molecule has 1 heterocycles. The molecule has 0 aliphatic carbocycles. The van der Waals surface area contributed by atoms with Crippen LogP contribution in [0.1, 0.15) is 18.6 Å². The van der Waals surface area contributed by atoms with Crippen molar-refractivity contribution in [2.24, 2.45) is 0 Å². The number of fused-ring (bicyclic) bond motifs is 1. The van der Waals surface area contributed by atoms with Crippen LogP contribution < -0.4 is 9.47 Å². The number of halogens is 1. The maximum absolute atomic E-state index is 11.4. The van der Waals surface area contributed by atoms with Crippen LogP contribution in [0.5, 0.6) is 11.5 Å². The van der Waals surface area contributed by atoms with Crippen LogP contribution in [-0.4, -0.2) is 24.5 Å². The first-order valence-electron chi connectivity index (χ1n) is 5.07. The second-order valence-corrected chi connectivity index (χ2v) is 3.74. The molecule has 17 heavy (non-hydrogen) atoms. The van der Waals surface area contributed by atoms with Crippen molar-refractivity contribution in [3.8, 4) is 11.5 Å². The van der Waals surface area contributed by atoms with E-state index in [2.05, 4.69) is 0 Å². The second-order valence-electron chi connectivity index (χ2n) is 3.36. The third-order valence-electron chi connectivity index (χ3n) is 2.31. The van der Waals surface area contributed by atoms with Crippen LogP contribution >= 0.6 is 11.6 Å². The average Bonchev–Trinajstić information content (AvgIpc) is 2.78. The zero-order chi connectivity index (χ0) is 12.4. The first kappa shape index (κ1) is 12.0. The summed E-state index contributed by atoms with van der Waals surface area (Å²) in [4.78, 5) is 11.4. The van der Waals surface area contributed by atoms with Crippen molar-refractivity contribution in [3.63, 3.8) is 0 Å². The Bertz CT molecular complexity index is 446. The standard InChI is InChI=1S/C11H11ClO5/c1-2-15-11(14)9(13)6-3-4-7-10(8(6)12)17-5-16-7/h3-4,9,13H,2,5H2,1H3. The molecule has 2 rings (SSSR count). The summed E-state index contributed by atoms with van der Waals surface area (Å²) < 4.78 is 15.0. The molecule has 1 aliphatic rings. The van der Waals surface area contributed by atoms with Gasteiger partial charge < -0.3 is 19.3 Å². The SMILES string of the molecule is CCOC(=O)C(O)c1ccc2c(c1Cl)OCO2. The normalized spacial score (nSPS) is 14.5. The van der Waals surface area contributed by atoms with Gasteiger partial charge in [0.25, 0.3) is 0 Å². The Morgan fingerprint density at radius 1 is 1.59 bits per heavy atom. The number of benzene rings is 1. The molecule has 1 aliphatic heterocycles. The lowest BCUT2D eigenvalue weighted by Gasteiger charge is -2.12. The Balaban J connectivity index is 2.30. The Morgan fingerprint density at radius 2 is 2.35 bits per heavy atom. The summed E-state index contributed by atoms with van der Waals surface area (Å²) in [6.45, 7) is 1.93. The zero-order valence-electron chi connectivity index (χ0n) is 9.10. The molecule has 1 atom stereocenters. The van der Waals surface area contributed by atoms with Crippen LogP contribution in [0.25, 0.3) is 0 Å². The number of hydrogen-bond acceptors (Lipinski definition) is 5. The highest BCUT2D eigenvalue weighted by Gasteiger charge is 2.27. The van der Waals surface area contributed by atoms with Gasteiger partial charge in [0.1, 0.15) is 0 Å². The molecule has 0 aromatic heterocycles. The number of carbonyl (C=O) groups is 1. The van der Waals surface area contributed by atoms with Gasteiger partial charge in [-0.25, -0.2) is 4.79 Å². The van der Waals surface area contributed by atoms with E-state index in [4.69, 9.17) is 25.8 Å². The van der Waals surface area contributed by atoms with Gasteiger partial charge in [0.05, 0.1) is 11.6 Å². The maximum atomic E-state index is 11.4. The quantitative estimate of drug-likeness (QED) is 0.836. The average molecular weight is 259 g/mol. The van der Waals surface area contributed by atoms with Crippen molar-refractivity contribution in [2.75, 3.05) is 13.4 Å². The van der Waals surface area contributed by atoms with E-state index in [1.54, 1.807) is 13.0 Å². The van der Waals surface area contributed by atoms with E-state index in [0.29, 0.717) is 11.5 Å². The van der Waals surface area contributed by atoms with Gasteiger partial charge in [-0.1, -0.05) is 17.7 Å². The van der Waals surface area contributed by atoms with Crippen LogP contribution in [0.2, 0.25) is 5.02 Å². The summed E-state index contributed by atoms with van der Waals surface area (Å²) in [5, 5.41) is 9.94. The summed E-state index contributed by atoms with van der Waals surface area (Å²) in [6.07, 6.45) is -1.42. The molecule has 0 spiro atoms. The van der Waals surface area contributed by atoms with Crippen LogP contribution in [0.4, 0.5) is 0 Å². The Labute approximate surface area is 103 Å². The predicted octanol–water partition coefficient (Wildman–Crippen LogP) is 1.67. The number of hydrogen-bond donors (Lipinski definition) is 1. The van der Waals surface area contributed by atoms with E-state index in [0.717, 1.165) is 0 Å². The number of rotatable bonds is 3. The van der Waals surface area contributed by atoms with Gasteiger partial charge in [-0.3, -0.25) is 0 Å². The van der Waals surface area contributed by atoms with E-state index in [1.165, 1.54) is 6.07 Å². The fourth-order valence-corrected chi connectivity index (χ4v) is 1.83. The number of ether oxygens (including phenoxy) is 3. The monoisotopic (exact) mass is 258 g/mol. The van der Waals surface area contributed by atoms with Crippen LogP contribution in [-0.2, 0) is 9.53 Å². The van der Waals surface area contributed by atoms with Gasteiger partial charge in [-0.05, 0) is 13.0 Å². The molecule has 5 nitrogen and oxygen atoms in total. The number of aliphatic hydroxyl groups is 1. The molecule has 6 heteroatoms. The van der Waals surface area contributed by atoms with Crippen molar-refractivity contribution in [2.45, 2.75) is 13.0 Å². The number of esters is 1. The summed E-state index contributed by atoms with van der Waals surface area (Å²) in [5.74, 6) is 0.0931. The molecule has 0 saturated carbocycles. The molecular weight excluding hydrogens is 248 g/mol. The highest BCUT2D eigenvalue weighted by atomic mass is 35.5. The van der Waals surface area contributed by atoms with Crippen molar-refractivity contribution < 1.29 is 24.1 Å². The third-order valence-corrected chi connectivity index (χ3v) is 2.70. The summed E-state index contributed by atoms with van der Waals surface area (Å²) in [7, 11) is 0. The van der Waals surface area contributed by atoms with E-state index < -0.39 is 12.1 Å². The highest BCUT2D eigenvalue weighted by molar-refractivity contribution is 6.33. The largest absolute Gasteiger partial charge is 0.464 e. The van der Waals surface area contributed by atoms with Crippen LogP contribution in [0.15, 0.2) is 12.1 Å². The minimum absolute atomic E-state index is 0.0774. The molecule has 0 saturated heterocycles. The maximum Gasteiger partial charge on any atom is 0.339 e. The highest BCUT2D eigenvalue weighted by Crippen LogP contribution is 2.42. The van der Waals surface area contributed by atoms with Crippen molar-refractivity contribution in [1.82, 2.24) is 0 Å². The summed E-state index contributed by atoms with van der Waals surface area (Å²) in [6, 6.07) is 3.10. The lowest BCUT2D eigenvalue weighted by molar-refractivity contribution is -0.153. The molecule has 0 bridgehead atoms. The molecule has 0 amide bonds. The van der Waals surface area contributed by atoms with Gasteiger partial charge in [0.2, 0.25) is 6.79 Å². The van der Waals surface area contributed by atoms with Crippen LogP contribution in [0, 0.1) is 0 Å². The van der Waals surface area contributed by atoms with Crippen molar-refractivity contribution in [3.05, 3.63) is 22.7 Å². The van der Waals surface area contributed by atoms with Crippen molar-refractivity contribution in [1.29, 1.82) is 0 Å². The Morgan fingerprint density at radius 3 is 3.06 bits per heavy atom. The van der Waals surface area contributed by atoms with E-state index in [1.807, 2.05) is 0 Å². The molecular formula is C11H11ClO5. The Hall–Kier alpha value is -1.46. The topological polar surface area (TPSA) is 65.0 Å². The van der Waals surface area contributed by atoms with Gasteiger partial charge in [-0.2, -0.15) is 0 Å².